The number of halogens is 1. The molecule has 1 aromatic rings. The highest BCUT2D eigenvalue weighted by Crippen LogP contribution is 2.39. The van der Waals surface area contributed by atoms with E-state index in [0.717, 1.165) is 17.8 Å². The number of nitrogens with one attached hydrogen (secondary N) is 1. The number of amides is 1. The third-order valence-electron chi connectivity index (χ3n) is 5.93. The quantitative estimate of drug-likeness (QED) is 0.703. The summed E-state index contributed by atoms with van der Waals surface area (Å²) in [5, 5.41) is 7.42. The van der Waals surface area contributed by atoms with Crippen molar-refractivity contribution in [3.8, 4) is 0 Å². The van der Waals surface area contributed by atoms with Gasteiger partial charge in [-0.05, 0) is 50.0 Å². The lowest BCUT2D eigenvalue weighted by molar-refractivity contribution is -0.140. The molecule has 1 amide bonds. The van der Waals surface area contributed by atoms with Crippen LogP contribution in [0.3, 0.4) is 0 Å². The van der Waals surface area contributed by atoms with Crippen LogP contribution in [-0.4, -0.2) is 63.0 Å². The molecule has 0 saturated carbocycles. The van der Waals surface area contributed by atoms with Crippen molar-refractivity contribution >= 4 is 11.6 Å². The number of carbonyl (C=O) groups excluding carboxylic acids is 1. The summed E-state index contributed by atoms with van der Waals surface area (Å²) < 4.78 is 18.7. The molecule has 0 aromatic heterocycles. The van der Waals surface area contributed by atoms with Gasteiger partial charge in [0.2, 0.25) is 5.91 Å². The Morgan fingerprint density at radius 3 is 2.57 bits per heavy atom. The Bertz CT molecular complexity index is 755. The molecule has 0 bridgehead atoms. The summed E-state index contributed by atoms with van der Waals surface area (Å²) in [6, 6.07) is 6.27. The first-order valence-corrected chi connectivity index (χ1v) is 10.7. The first-order chi connectivity index (χ1) is 14.2. The Balaban J connectivity index is 1.63. The van der Waals surface area contributed by atoms with Gasteiger partial charge in [-0.2, -0.15) is 0 Å². The molecule has 2 heterocycles. The highest BCUT2D eigenvalue weighted by Gasteiger charge is 2.44. The topological polar surface area (TPSA) is 63.2 Å². The fourth-order valence-corrected chi connectivity index (χ4v) is 4.49. The van der Waals surface area contributed by atoms with Gasteiger partial charge in [-0.1, -0.05) is 31.1 Å². The Morgan fingerprint density at radius 2 is 1.93 bits per heavy atom. The van der Waals surface area contributed by atoms with Gasteiger partial charge in [0.1, 0.15) is 11.9 Å². The molecule has 1 aromatic carbocycles. The number of ether oxygens (including phenoxy) is 1. The summed E-state index contributed by atoms with van der Waals surface area (Å²) in [6.45, 7) is 6.99. The fourth-order valence-electron chi connectivity index (χ4n) is 4.49. The molecule has 6 nitrogen and oxygen atoms in total. The van der Waals surface area contributed by atoms with Crippen molar-refractivity contribution in [3.05, 3.63) is 35.6 Å². The molecule has 0 aliphatic carbocycles. The average molecular weight is 420 g/mol. The van der Waals surface area contributed by atoms with E-state index in [0.29, 0.717) is 45.4 Å². The van der Waals surface area contributed by atoms with Crippen molar-refractivity contribution in [2.75, 3.05) is 40.4 Å². The van der Waals surface area contributed by atoms with E-state index in [1.54, 1.807) is 12.1 Å². The minimum Gasteiger partial charge on any atom is -0.392 e. The van der Waals surface area contributed by atoms with Gasteiger partial charge in [-0.3, -0.25) is 4.79 Å². The van der Waals surface area contributed by atoms with Gasteiger partial charge in [0.05, 0.1) is 11.1 Å². The Labute approximate surface area is 178 Å². The van der Waals surface area contributed by atoms with Crippen molar-refractivity contribution < 1.29 is 18.8 Å². The Kier molecular flexibility index (Phi) is 7.14. The Hall–Kier alpha value is -1.99. The van der Waals surface area contributed by atoms with E-state index in [1.165, 1.54) is 12.1 Å². The van der Waals surface area contributed by atoms with E-state index in [9.17, 15) is 9.18 Å². The van der Waals surface area contributed by atoms with Gasteiger partial charge < -0.3 is 19.8 Å². The van der Waals surface area contributed by atoms with Crippen molar-refractivity contribution in [2.24, 2.45) is 16.0 Å². The number of benzene rings is 1. The summed E-state index contributed by atoms with van der Waals surface area (Å²) in [5.74, 6) is -0.193. The van der Waals surface area contributed by atoms with Gasteiger partial charge >= 0.3 is 0 Å². The van der Waals surface area contributed by atoms with Crippen LogP contribution in [0, 0.1) is 16.6 Å². The van der Waals surface area contributed by atoms with Crippen molar-refractivity contribution in [2.45, 2.75) is 45.6 Å². The van der Waals surface area contributed by atoms with Gasteiger partial charge in [-0.15, -0.1) is 0 Å². The molecule has 1 fully saturated rings. The number of hydrogen-bond donors (Lipinski definition) is 1. The van der Waals surface area contributed by atoms with E-state index < -0.39 is 5.41 Å². The SMILES string of the molecule is CN(C)CC(C)(C)CNC(=O)C1(C[C@H]2CC(c3ccc(F)cc3)=NO2)CCOCC1. The van der Waals surface area contributed by atoms with Crippen LogP contribution >= 0.6 is 0 Å². The predicted octanol–water partition coefficient (Wildman–Crippen LogP) is 3.21. The third kappa shape index (κ3) is 5.79. The Morgan fingerprint density at radius 1 is 1.27 bits per heavy atom. The van der Waals surface area contributed by atoms with Crippen LogP contribution in [0.2, 0.25) is 0 Å². The molecule has 166 valence electrons. The summed E-state index contributed by atoms with van der Waals surface area (Å²) in [5.41, 5.74) is 1.13. The zero-order valence-corrected chi connectivity index (χ0v) is 18.5. The number of oxime groups is 1. The first kappa shape index (κ1) is 22.7. The molecular weight excluding hydrogens is 385 g/mol. The lowest BCUT2D eigenvalue weighted by Crippen LogP contribution is -2.49. The zero-order valence-electron chi connectivity index (χ0n) is 18.5. The molecule has 30 heavy (non-hydrogen) atoms. The molecular formula is C23H34FN3O3. The van der Waals surface area contributed by atoms with E-state index in [4.69, 9.17) is 9.57 Å². The minimum atomic E-state index is -0.509. The molecule has 0 unspecified atom stereocenters. The highest BCUT2D eigenvalue weighted by molar-refractivity contribution is 6.01. The maximum absolute atomic E-state index is 13.3. The van der Waals surface area contributed by atoms with E-state index in [1.807, 2.05) is 14.1 Å². The van der Waals surface area contributed by atoms with Crippen LogP contribution in [-0.2, 0) is 14.4 Å². The van der Waals surface area contributed by atoms with Gasteiger partial charge in [-0.25, -0.2) is 4.39 Å². The largest absolute Gasteiger partial charge is 0.392 e. The second kappa shape index (κ2) is 9.43. The number of carbonyl (C=O) groups is 1. The monoisotopic (exact) mass is 419 g/mol. The molecule has 2 aliphatic heterocycles. The molecule has 0 radical (unpaired) electrons. The molecule has 7 heteroatoms. The fraction of sp³-hybridized carbons (Fsp3) is 0.652. The molecule has 1 N–H and O–H groups in total. The van der Waals surface area contributed by atoms with Crippen LogP contribution in [0.25, 0.3) is 0 Å². The van der Waals surface area contributed by atoms with Crippen LogP contribution in [0.4, 0.5) is 4.39 Å². The number of rotatable bonds is 8. The van der Waals surface area contributed by atoms with Crippen LogP contribution in [0.1, 0.15) is 45.1 Å². The van der Waals surface area contributed by atoms with Gasteiger partial charge in [0.15, 0.2) is 0 Å². The van der Waals surface area contributed by atoms with Crippen LogP contribution < -0.4 is 5.32 Å². The maximum atomic E-state index is 13.3. The smallest absolute Gasteiger partial charge is 0.226 e. The second-order valence-corrected chi connectivity index (χ2v) is 9.66. The van der Waals surface area contributed by atoms with Crippen molar-refractivity contribution in [1.29, 1.82) is 0 Å². The lowest BCUT2D eigenvalue weighted by atomic mass is 9.74. The number of hydrogen-bond acceptors (Lipinski definition) is 5. The summed E-state index contributed by atoms with van der Waals surface area (Å²) >= 11 is 0. The summed E-state index contributed by atoms with van der Waals surface area (Å²) in [4.78, 5) is 21.1. The zero-order chi connectivity index (χ0) is 21.8. The average Bonchev–Trinajstić information content (AvgIpc) is 3.14. The first-order valence-electron chi connectivity index (χ1n) is 10.7. The minimum absolute atomic E-state index is 0.0196. The van der Waals surface area contributed by atoms with Crippen molar-refractivity contribution in [3.63, 3.8) is 0 Å². The molecule has 3 rings (SSSR count). The van der Waals surface area contributed by atoms with Crippen LogP contribution in [0.15, 0.2) is 29.4 Å². The van der Waals surface area contributed by atoms with Crippen molar-refractivity contribution in [1.82, 2.24) is 10.2 Å². The van der Waals surface area contributed by atoms with Gasteiger partial charge in [0.25, 0.3) is 0 Å². The standard InChI is InChI=1S/C23H34FN3O3/c1-22(2,16-27(3)4)15-25-21(28)23(9-11-29-12-10-23)14-19-13-20(26-30-19)17-5-7-18(24)8-6-17/h5-8,19H,9-16H2,1-4H3,(H,25,28)/t19-/m1/s1. The van der Waals surface area contributed by atoms with Crippen LogP contribution in [0.5, 0.6) is 0 Å². The normalized spacial score (nSPS) is 21.3. The molecule has 1 atom stereocenters. The molecule has 0 spiro atoms. The highest BCUT2D eigenvalue weighted by atomic mass is 19.1. The van der Waals surface area contributed by atoms with E-state index >= 15 is 0 Å². The summed E-state index contributed by atoms with van der Waals surface area (Å²) in [6.07, 6.45) is 2.42. The molecule has 2 aliphatic rings. The second-order valence-electron chi connectivity index (χ2n) is 9.66. The molecule has 1 saturated heterocycles. The third-order valence-corrected chi connectivity index (χ3v) is 5.93. The predicted molar refractivity (Wildman–Crippen MR) is 115 cm³/mol. The van der Waals surface area contributed by atoms with E-state index in [-0.39, 0.29) is 23.2 Å². The van der Waals surface area contributed by atoms with E-state index in [2.05, 4.69) is 29.2 Å². The summed E-state index contributed by atoms with van der Waals surface area (Å²) in [7, 11) is 4.08. The lowest BCUT2D eigenvalue weighted by Gasteiger charge is -2.38. The van der Waals surface area contributed by atoms with Gasteiger partial charge in [0, 0.05) is 39.1 Å². The maximum Gasteiger partial charge on any atom is 0.226 e. The number of nitrogens with zero attached hydrogens (tertiary/aromatic N) is 2.